The van der Waals surface area contributed by atoms with E-state index in [1.54, 1.807) is 11.9 Å². The second-order valence-electron chi connectivity index (χ2n) is 17.6. The number of rotatable bonds is 4. The van der Waals surface area contributed by atoms with Gasteiger partial charge < -0.3 is 20.1 Å². The van der Waals surface area contributed by atoms with Crippen LogP contribution in [0.1, 0.15) is 113 Å². The molecule has 8 nitrogen and oxygen atoms in total. The van der Waals surface area contributed by atoms with E-state index in [0.717, 1.165) is 38.5 Å². The Morgan fingerprint density at radius 1 is 0.978 bits per heavy atom. The van der Waals surface area contributed by atoms with Crippen LogP contribution in [0, 0.1) is 50.2 Å². The fourth-order valence-corrected chi connectivity index (χ4v) is 12.0. The Bertz CT molecular complexity index is 1550. The lowest BCUT2D eigenvalue weighted by molar-refractivity contribution is -0.203. The minimum absolute atomic E-state index is 0.0397. The molecule has 3 N–H and O–H groups in total. The number of carbonyl (C=O) groups excluding carboxylic acids is 1. The van der Waals surface area contributed by atoms with Crippen molar-refractivity contribution in [2.45, 2.75) is 125 Å². The summed E-state index contributed by atoms with van der Waals surface area (Å²) >= 11 is 0. The van der Waals surface area contributed by atoms with Gasteiger partial charge in [0.05, 0.1) is 24.4 Å². The summed E-state index contributed by atoms with van der Waals surface area (Å²) in [6, 6.07) is 0. The molecule has 7 rings (SSSR count). The molecule has 9 atom stereocenters. The van der Waals surface area contributed by atoms with Crippen LogP contribution in [0.3, 0.4) is 0 Å². The molecule has 0 saturated heterocycles. The third-order valence-electron chi connectivity index (χ3n) is 15.3. The van der Waals surface area contributed by atoms with Gasteiger partial charge in [0.15, 0.2) is 11.5 Å². The highest BCUT2D eigenvalue weighted by Gasteiger charge is 2.68. The number of hydrogen-bond acceptors (Lipinski definition) is 7. The molecule has 4 fully saturated rings. The molecule has 8 heteroatoms. The predicted molar refractivity (Wildman–Crippen MR) is 176 cm³/mol. The number of fused-ring (bicyclic) bond motifs is 8. The van der Waals surface area contributed by atoms with Gasteiger partial charge in [0.1, 0.15) is 18.5 Å². The number of aliphatic hydroxyl groups is 1. The van der Waals surface area contributed by atoms with Crippen molar-refractivity contribution in [3.63, 3.8) is 0 Å². The number of anilines is 1. The van der Waals surface area contributed by atoms with Crippen LogP contribution in [0.15, 0.2) is 24.3 Å². The highest BCUT2D eigenvalue weighted by Crippen LogP contribution is 2.75. The van der Waals surface area contributed by atoms with Gasteiger partial charge in [0.2, 0.25) is 0 Å². The van der Waals surface area contributed by atoms with E-state index in [0.29, 0.717) is 41.3 Å². The zero-order valence-corrected chi connectivity index (χ0v) is 28.7. The summed E-state index contributed by atoms with van der Waals surface area (Å²) in [5.74, 6) is 1.85. The standard InChI is InChI=1S/C37H55N5O3/c1-32(2)25-10-13-37(7)26(35(25,5)12-11-27(32)43)9-8-23-24-20-34(4,15-14-33(24,3)16-17-36(23,37)6)31(44)45-19-18-42-22-41-28-29(38)39-21-40-30(28)42/h8,21-22,24-27,43H,9-20H2,1-7H3,(H2,38,39,40)/t24-,25-,26+,27-,33+,34-,35-,36+,37+/m0/s1. The molecule has 0 radical (unpaired) electrons. The van der Waals surface area contributed by atoms with Crippen molar-refractivity contribution < 1.29 is 14.6 Å². The molecule has 5 aliphatic rings. The SMILES string of the molecule is CC1(C)[C@@H](O)CC[C@]2(C)[C@H]3CC=C4[C@@H]5C[C@@](C)(C(=O)OCCn6cnc7c(N)ncnc76)CC[C@]5(C)CC[C@@]4(C)[C@]3(C)CC[C@@H]12. The number of aromatic nitrogens is 4. The maximum absolute atomic E-state index is 13.8. The van der Waals surface area contributed by atoms with Crippen LogP contribution in [0.5, 0.6) is 0 Å². The van der Waals surface area contributed by atoms with Crippen LogP contribution in [0.4, 0.5) is 5.82 Å². The van der Waals surface area contributed by atoms with Crippen molar-refractivity contribution in [2.75, 3.05) is 12.3 Å². The molecule has 4 saturated carbocycles. The maximum atomic E-state index is 13.8. The maximum Gasteiger partial charge on any atom is 0.311 e. The summed E-state index contributed by atoms with van der Waals surface area (Å²) in [6.07, 6.45) is 16.4. The van der Waals surface area contributed by atoms with Gasteiger partial charge in [-0.25, -0.2) is 15.0 Å². The second-order valence-corrected chi connectivity index (χ2v) is 17.6. The van der Waals surface area contributed by atoms with E-state index in [2.05, 4.69) is 69.5 Å². The number of ether oxygens (including phenoxy) is 1. The number of nitrogens with zero attached hydrogens (tertiary/aromatic N) is 4. The van der Waals surface area contributed by atoms with Crippen LogP contribution in [0.25, 0.3) is 11.2 Å². The van der Waals surface area contributed by atoms with Crippen LogP contribution >= 0.6 is 0 Å². The van der Waals surface area contributed by atoms with Gasteiger partial charge in [-0.1, -0.05) is 53.2 Å². The monoisotopic (exact) mass is 617 g/mol. The number of imidazole rings is 1. The Balaban J connectivity index is 1.12. The number of aliphatic hydroxyl groups excluding tert-OH is 1. The average Bonchev–Trinajstić information content (AvgIpc) is 3.41. The average molecular weight is 618 g/mol. The Morgan fingerprint density at radius 3 is 2.51 bits per heavy atom. The first kappa shape index (κ1) is 31.1. The number of carbonyl (C=O) groups is 1. The third-order valence-corrected chi connectivity index (χ3v) is 15.3. The molecule has 0 aliphatic heterocycles. The Labute approximate surface area is 269 Å². The zero-order valence-electron chi connectivity index (χ0n) is 28.7. The van der Waals surface area contributed by atoms with Gasteiger partial charge in [-0.15, -0.1) is 0 Å². The van der Waals surface area contributed by atoms with Crippen molar-refractivity contribution in [3.8, 4) is 0 Å². The topological polar surface area (TPSA) is 116 Å². The molecule has 0 bridgehead atoms. The summed E-state index contributed by atoms with van der Waals surface area (Å²) in [4.78, 5) is 26.5. The first-order chi connectivity index (χ1) is 21.1. The first-order valence-corrected chi connectivity index (χ1v) is 17.6. The Kier molecular flexibility index (Phi) is 6.93. The quantitative estimate of drug-likeness (QED) is 0.277. The number of esters is 1. The van der Waals surface area contributed by atoms with Crippen molar-refractivity contribution in [2.24, 2.45) is 50.2 Å². The molecule has 5 aliphatic carbocycles. The summed E-state index contributed by atoms with van der Waals surface area (Å²) < 4.78 is 7.89. The number of allylic oxidation sites excluding steroid dienone is 2. The molecule has 246 valence electrons. The molecule has 2 aromatic heterocycles. The lowest BCUT2D eigenvalue weighted by Crippen LogP contribution is -2.64. The van der Waals surface area contributed by atoms with Crippen molar-refractivity contribution in [3.05, 3.63) is 24.3 Å². The smallest absolute Gasteiger partial charge is 0.311 e. The van der Waals surface area contributed by atoms with Crippen LogP contribution in [-0.4, -0.2) is 43.3 Å². The molecule has 45 heavy (non-hydrogen) atoms. The van der Waals surface area contributed by atoms with E-state index in [-0.39, 0.29) is 45.8 Å². The normalized spacial score (nSPS) is 43.8. The molecule has 0 unspecified atom stereocenters. The van der Waals surface area contributed by atoms with Crippen LogP contribution < -0.4 is 5.73 Å². The van der Waals surface area contributed by atoms with Gasteiger partial charge in [-0.3, -0.25) is 4.79 Å². The van der Waals surface area contributed by atoms with Crippen molar-refractivity contribution in [1.29, 1.82) is 0 Å². The highest BCUT2D eigenvalue weighted by molar-refractivity contribution is 5.81. The summed E-state index contributed by atoms with van der Waals surface area (Å²) in [6.45, 7) is 17.8. The third kappa shape index (κ3) is 4.25. The first-order valence-electron chi connectivity index (χ1n) is 17.6. The Morgan fingerprint density at radius 2 is 1.73 bits per heavy atom. The number of hydrogen-bond donors (Lipinski definition) is 2. The summed E-state index contributed by atoms with van der Waals surface area (Å²) in [7, 11) is 0. The molecular formula is C37H55N5O3. The molecule has 2 heterocycles. The molecule has 0 aromatic carbocycles. The van der Waals surface area contributed by atoms with Gasteiger partial charge in [-0.2, -0.15) is 0 Å². The number of nitrogen functional groups attached to an aromatic ring is 1. The fourth-order valence-electron chi connectivity index (χ4n) is 12.0. The predicted octanol–water partition coefficient (Wildman–Crippen LogP) is 7.11. The van der Waals surface area contributed by atoms with Crippen molar-refractivity contribution in [1.82, 2.24) is 19.5 Å². The van der Waals surface area contributed by atoms with Crippen LogP contribution in [-0.2, 0) is 16.1 Å². The largest absolute Gasteiger partial charge is 0.463 e. The second kappa shape index (κ2) is 10.0. The summed E-state index contributed by atoms with van der Waals surface area (Å²) in [5.41, 5.74) is 9.10. The minimum atomic E-state index is -0.502. The van der Waals surface area contributed by atoms with Gasteiger partial charge in [-0.05, 0) is 116 Å². The highest BCUT2D eigenvalue weighted by atomic mass is 16.5. The lowest BCUT2D eigenvalue weighted by atomic mass is 9.33. The van der Waals surface area contributed by atoms with Gasteiger partial charge in [0, 0.05) is 0 Å². The van der Waals surface area contributed by atoms with E-state index in [1.165, 1.54) is 32.0 Å². The van der Waals surface area contributed by atoms with E-state index in [4.69, 9.17) is 10.5 Å². The Hall–Kier alpha value is -2.48. The lowest BCUT2D eigenvalue weighted by Gasteiger charge is -2.71. The van der Waals surface area contributed by atoms with Gasteiger partial charge >= 0.3 is 5.97 Å². The van der Waals surface area contributed by atoms with E-state index < -0.39 is 5.41 Å². The fraction of sp³-hybridized carbons (Fsp3) is 0.784. The molecule has 0 spiro atoms. The minimum Gasteiger partial charge on any atom is -0.463 e. The van der Waals surface area contributed by atoms with Crippen LogP contribution in [0.2, 0.25) is 0 Å². The molecular weight excluding hydrogens is 562 g/mol. The van der Waals surface area contributed by atoms with E-state index in [1.807, 2.05) is 4.57 Å². The van der Waals surface area contributed by atoms with E-state index >= 15 is 0 Å². The van der Waals surface area contributed by atoms with E-state index in [9.17, 15) is 9.90 Å². The van der Waals surface area contributed by atoms with Crippen molar-refractivity contribution >= 4 is 23.0 Å². The number of nitrogens with two attached hydrogens (primary N) is 1. The van der Waals surface area contributed by atoms with Gasteiger partial charge in [0.25, 0.3) is 0 Å². The summed E-state index contributed by atoms with van der Waals surface area (Å²) in [5, 5.41) is 11.0. The molecule has 2 aromatic rings. The zero-order chi connectivity index (χ0) is 32.2. The molecule has 0 amide bonds.